The maximum atomic E-state index is 13.5. The fraction of sp³-hybridized carbons (Fsp3) is 0.500. The molecule has 1 aromatic carbocycles. The Kier molecular flexibility index (Phi) is 4.34. The molecule has 21 heavy (non-hydrogen) atoms. The average molecular weight is 314 g/mol. The molecule has 1 aliphatic heterocycles. The van der Waals surface area contributed by atoms with Crippen LogP contribution in [0.5, 0.6) is 0 Å². The highest BCUT2D eigenvalue weighted by molar-refractivity contribution is 7.89. The van der Waals surface area contributed by atoms with Crippen molar-refractivity contribution in [2.24, 2.45) is 17.0 Å². The zero-order valence-electron chi connectivity index (χ0n) is 12.0. The van der Waals surface area contributed by atoms with Crippen molar-refractivity contribution < 1.29 is 17.6 Å². The molecular formula is C14H19FN2O3S. The maximum Gasteiger partial charge on any atom is 0.253 e. The van der Waals surface area contributed by atoms with Crippen LogP contribution in [0, 0.1) is 17.7 Å². The van der Waals surface area contributed by atoms with Crippen LogP contribution in [-0.4, -0.2) is 32.3 Å². The molecule has 0 spiro atoms. The number of nitrogens with two attached hydrogens (primary N) is 1. The van der Waals surface area contributed by atoms with Crippen molar-refractivity contribution in [3.05, 3.63) is 29.6 Å². The topological polar surface area (TPSA) is 80.5 Å². The number of sulfonamides is 1. The molecule has 7 heteroatoms. The van der Waals surface area contributed by atoms with Crippen LogP contribution in [0.4, 0.5) is 4.39 Å². The van der Waals surface area contributed by atoms with E-state index in [0.29, 0.717) is 24.9 Å². The van der Waals surface area contributed by atoms with Crippen LogP contribution in [0.15, 0.2) is 23.1 Å². The van der Waals surface area contributed by atoms with Crippen molar-refractivity contribution in [2.75, 3.05) is 13.1 Å². The molecule has 0 saturated carbocycles. The SMILES string of the molecule is CC1CCN(C(=O)c2ccc(F)c(S(N)(=O)=O)c2)CC1C. The number of carbonyl (C=O) groups is 1. The second kappa shape index (κ2) is 5.73. The van der Waals surface area contributed by atoms with Gasteiger partial charge in [-0.1, -0.05) is 13.8 Å². The lowest BCUT2D eigenvalue weighted by Gasteiger charge is -2.35. The van der Waals surface area contributed by atoms with Crippen LogP contribution < -0.4 is 5.14 Å². The van der Waals surface area contributed by atoms with E-state index in [1.54, 1.807) is 4.90 Å². The number of hydrogen-bond donors (Lipinski definition) is 1. The van der Waals surface area contributed by atoms with Crippen LogP contribution in [0.2, 0.25) is 0 Å². The summed E-state index contributed by atoms with van der Waals surface area (Å²) in [6.45, 7) is 5.45. The summed E-state index contributed by atoms with van der Waals surface area (Å²) >= 11 is 0. The first-order chi connectivity index (χ1) is 9.70. The molecule has 0 bridgehead atoms. The highest BCUT2D eigenvalue weighted by Crippen LogP contribution is 2.24. The first-order valence-corrected chi connectivity index (χ1v) is 8.36. The first-order valence-electron chi connectivity index (χ1n) is 6.81. The fourth-order valence-corrected chi connectivity index (χ4v) is 3.12. The zero-order valence-corrected chi connectivity index (χ0v) is 12.9. The van der Waals surface area contributed by atoms with E-state index in [0.717, 1.165) is 18.6 Å². The van der Waals surface area contributed by atoms with E-state index in [2.05, 4.69) is 13.8 Å². The van der Waals surface area contributed by atoms with Gasteiger partial charge in [-0.05, 0) is 36.5 Å². The molecule has 5 nitrogen and oxygen atoms in total. The quantitative estimate of drug-likeness (QED) is 0.900. The number of benzene rings is 1. The number of hydrogen-bond acceptors (Lipinski definition) is 3. The van der Waals surface area contributed by atoms with Gasteiger partial charge in [-0.2, -0.15) is 0 Å². The summed E-state index contributed by atoms with van der Waals surface area (Å²) in [5.41, 5.74) is 0.141. The van der Waals surface area contributed by atoms with Gasteiger partial charge in [0.2, 0.25) is 10.0 Å². The van der Waals surface area contributed by atoms with E-state index in [4.69, 9.17) is 5.14 Å². The van der Waals surface area contributed by atoms with Crippen LogP contribution >= 0.6 is 0 Å². The van der Waals surface area contributed by atoms with Crippen LogP contribution in [0.25, 0.3) is 0 Å². The Morgan fingerprint density at radius 1 is 1.33 bits per heavy atom. The number of nitrogens with zero attached hydrogens (tertiary/aromatic N) is 1. The Balaban J connectivity index is 2.28. The molecule has 0 aliphatic carbocycles. The Labute approximate surface area is 124 Å². The molecular weight excluding hydrogens is 295 g/mol. The van der Waals surface area contributed by atoms with E-state index >= 15 is 0 Å². The van der Waals surface area contributed by atoms with E-state index in [9.17, 15) is 17.6 Å². The summed E-state index contributed by atoms with van der Waals surface area (Å²) in [5, 5.41) is 4.95. The Morgan fingerprint density at radius 2 is 2.00 bits per heavy atom. The van der Waals surface area contributed by atoms with E-state index in [1.165, 1.54) is 6.07 Å². The van der Waals surface area contributed by atoms with Gasteiger partial charge in [-0.15, -0.1) is 0 Å². The zero-order chi connectivity index (χ0) is 15.8. The van der Waals surface area contributed by atoms with Gasteiger partial charge in [-0.3, -0.25) is 4.79 Å². The van der Waals surface area contributed by atoms with Crippen molar-refractivity contribution in [1.82, 2.24) is 4.90 Å². The molecule has 0 radical (unpaired) electrons. The second-order valence-corrected chi connectivity index (χ2v) is 7.21. The average Bonchev–Trinajstić information content (AvgIpc) is 2.40. The summed E-state index contributed by atoms with van der Waals surface area (Å²) in [6.07, 6.45) is 0.899. The lowest BCUT2D eigenvalue weighted by molar-refractivity contribution is 0.0627. The van der Waals surface area contributed by atoms with Crippen LogP contribution in [0.3, 0.4) is 0 Å². The van der Waals surface area contributed by atoms with Crippen molar-refractivity contribution in [3.8, 4) is 0 Å². The minimum atomic E-state index is -4.19. The normalized spacial score (nSPS) is 23.1. The fourth-order valence-electron chi connectivity index (χ4n) is 2.48. The molecule has 2 N–H and O–H groups in total. The summed E-state index contributed by atoms with van der Waals surface area (Å²) in [6, 6.07) is 3.26. The van der Waals surface area contributed by atoms with Gasteiger partial charge >= 0.3 is 0 Å². The molecule has 2 atom stereocenters. The molecule has 1 amide bonds. The van der Waals surface area contributed by atoms with Gasteiger partial charge in [0, 0.05) is 18.7 Å². The van der Waals surface area contributed by atoms with Crippen LogP contribution in [-0.2, 0) is 10.0 Å². The van der Waals surface area contributed by atoms with Gasteiger partial charge in [0.15, 0.2) is 0 Å². The molecule has 116 valence electrons. The van der Waals surface area contributed by atoms with Crippen molar-refractivity contribution in [2.45, 2.75) is 25.2 Å². The molecule has 2 rings (SSSR count). The molecule has 1 aliphatic rings. The van der Waals surface area contributed by atoms with Crippen LogP contribution in [0.1, 0.15) is 30.6 Å². The lowest BCUT2D eigenvalue weighted by Crippen LogP contribution is -2.42. The third-order valence-electron chi connectivity index (χ3n) is 4.11. The molecule has 0 aromatic heterocycles. The third-order valence-corrected chi connectivity index (χ3v) is 5.03. The second-order valence-electron chi connectivity index (χ2n) is 5.68. The summed E-state index contributed by atoms with van der Waals surface area (Å²) in [4.78, 5) is 13.4. The number of likely N-dealkylation sites (tertiary alicyclic amines) is 1. The van der Waals surface area contributed by atoms with Crippen molar-refractivity contribution in [3.63, 3.8) is 0 Å². The van der Waals surface area contributed by atoms with E-state index in [1.807, 2.05) is 0 Å². The first kappa shape index (κ1) is 15.9. The molecule has 2 unspecified atom stereocenters. The molecule has 1 heterocycles. The number of piperidine rings is 1. The summed E-state index contributed by atoms with van der Waals surface area (Å²) in [7, 11) is -4.19. The highest BCUT2D eigenvalue weighted by atomic mass is 32.2. The van der Waals surface area contributed by atoms with Gasteiger partial charge in [0.1, 0.15) is 10.7 Å². The Morgan fingerprint density at radius 3 is 2.57 bits per heavy atom. The molecule has 1 fully saturated rings. The van der Waals surface area contributed by atoms with Gasteiger partial charge in [-0.25, -0.2) is 17.9 Å². The number of halogens is 1. The van der Waals surface area contributed by atoms with Crippen molar-refractivity contribution in [1.29, 1.82) is 0 Å². The predicted molar refractivity (Wildman–Crippen MR) is 76.6 cm³/mol. The lowest BCUT2D eigenvalue weighted by atomic mass is 9.88. The number of carbonyl (C=O) groups excluding carboxylic acids is 1. The monoisotopic (exact) mass is 314 g/mol. The third kappa shape index (κ3) is 3.41. The maximum absolute atomic E-state index is 13.5. The number of rotatable bonds is 2. The smallest absolute Gasteiger partial charge is 0.253 e. The van der Waals surface area contributed by atoms with Gasteiger partial charge < -0.3 is 4.90 Å². The van der Waals surface area contributed by atoms with Gasteiger partial charge in [0.05, 0.1) is 0 Å². The standard InChI is InChI=1S/C14H19FN2O3S/c1-9-5-6-17(8-10(9)2)14(18)11-3-4-12(15)13(7-11)21(16,19)20/h3-4,7,9-10H,5-6,8H2,1-2H3,(H2,16,19,20). The summed E-state index contributed by atoms with van der Waals surface area (Å²) in [5.74, 6) is -0.323. The Hall–Kier alpha value is -1.47. The minimum absolute atomic E-state index is 0.141. The Bertz CT molecular complexity index is 660. The highest BCUT2D eigenvalue weighted by Gasteiger charge is 2.27. The molecule has 1 aromatic rings. The van der Waals surface area contributed by atoms with E-state index in [-0.39, 0.29) is 11.5 Å². The number of primary sulfonamides is 1. The van der Waals surface area contributed by atoms with E-state index < -0.39 is 20.7 Å². The van der Waals surface area contributed by atoms with Crippen molar-refractivity contribution >= 4 is 15.9 Å². The summed E-state index contributed by atoms with van der Waals surface area (Å²) < 4.78 is 36.1. The molecule has 1 saturated heterocycles. The van der Waals surface area contributed by atoms with Gasteiger partial charge in [0.25, 0.3) is 5.91 Å². The minimum Gasteiger partial charge on any atom is -0.338 e. The number of amides is 1. The predicted octanol–water partition coefficient (Wildman–Crippen LogP) is 1.59. The largest absolute Gasteiger partial charge is 0.338 e.